The van der Waals surface area contributed by atoms with E-state index in [4.69, 9.17) is 4.74 Å². The number of alkyl carbamates (subject to hydrolysis) is 1. The van der Waals surface area contributed by atoms with Crippen LogP contribution in [0.25, 0.3) is 0 Å². The zero-order valence-electron chi connectivity index (χ0n) is 10.1. The lowest BCUT2D eigenvalue weighted by molar-refractivity contribution is -0.147. The number of halogens is 2. The average Bonchev–Trinajstić information content (AvgIpc) is 2.64. The Morgan fingerprint density at radius 3 is 2.06 bits per heavy atom. The number of rotatable bonds is 2. The van der Waals surface area contributed by atoms with Crippen molar-refractivity contribution < 1.29 is 27.8 Å². The molecule has 1 amide bonds. The van der Waals surface area contributed by atoms with Crippen LogP contribution in [0.5, 0.6) is 0 Å². The molecule has 1 atom stereocenters. The average molecular weight is 251 g/mol. The van der Waals surface area contributed by atoms with Crippen molar-refractivity contribution >= 4 is 12.1 Å². The molecule has 1 aliphatic carbocycles. The minimum Gasteiger partial charge on any atom is -0.467 e. The van der Waals surface area contributed by atoms with E-state index in [-0.39, 0.29) is 0 Å². The monoisotopic (exact) mass is 251 g/mol. The zero-order valence-corrected chi connectivity index (χ0v) is 10.1. The normalized spacial score (nSPS) is 26.0. The van der Waals surface area contributed by atoms with Crippen molar-refractivity contribution in [1.29, 1.82) is 0 Å². The van der Waals surface area contributed by atoms with Crippen molar-refractivity contribution in [2.45, 2.75) is 44.3 Å². The summed E-state index contributed by atoms with van der Waals surface area (Å²) in [7, 11) is 0.981. The number of carbonyl (C=O) groups is 2. The molecule has 1 saturated carbocycles. The van der Waals surface area contributed by atoms with E-state index in [1.807, 2.05) is 5.32 Å². The van der Waals surface area contributed by atoms with Gasteiger partial charge in [0, 0.05) is 0 Å². The maximum Gasteiger partial charge on any atom is 0.408 e. The number of nitrogens with one attached hydrogen (secondary N) is 1. The minimum absolute atomic E-state index is 0.772. The molecule has 0 unspecified atom stereocenters. The van der Waals surface area contributed by atoms with Gasteiger partial charge in [-0.3, -0.25) is 5.32 Å². The van der Waals surface area contributed by atoms with Crippen LogP contribution in [0.1, 0.15) is 27.2 Å². The van der Waals surface area contributed by atoms with Crippen molar-refractivity contribution in [3.8, 4) is 0 Å². The third kappa shape index (κ3) is 2.65. The molecule has 0 heterocycles. The predicted molar refractivity (Wildman–Crippen MR) is 53.7 cm³/mol. The Bertz CT molecular complexity index is 351. The predicted octanol–water partition coefficient (Wildman–Crippen LogP) is 1.46. The van der Waals surface area contributed by atoms with Crippen molar-refractivity contribution in [2.24, 2.45) is 0 Å². The second-order valence-corrected chi connectivity index (χ2v) is 4.91. The van der Waals surface area contributed by atoms with Crippen LogP contribution in [0.15, 0.2) is 0 Å². The first-order valence-corrected chi connectivity index (χ1v) is 5.01. The first kappa shape index (κ1) is 13.7. The summed E-state index contributed by atoms with van der Waals surface area (Å²) in [6.07, 6.45) is -1.84. The van der Waals surface area contributed by atoms with Crippen LogP contribution in [-0.2, 0) is 14.3 Å². The third-order valence-corrected chi connectivity index (χ3v) is 2.23. The highest BCUT2D eigenvalue weighted by Gasteiger charge is 2.78. The van der Waals surface area contributed by atoms with Gasteiger partial charge in [0.25, 0.3) is 5.92 Å². The summed E-state index contributed by atoms with van der Waals surface area (Å²) in [5.74, 6) is -4.47. The van der Waals surface area contributed by atoms with Crippen LogP contribution >= 0.6 is 0 Å². The molecule has 17 heavy (non-hydrogen) atoms. The van der Waals surface area contributed by atoms with Crippen molar-refractivity contribution in [1.82, 2.24) is 5.32 Å². The second kappa shape index (κ2) is 3.82. The summed E-state index contributed by atoms with van der Waals surface area (Å²) in [5.41, 5.74) is -3.10. The van der Waals surface area contributed by atoms with E-state index in [1.165, 1.54) is 0 Å². The van der Waals surface area contributed by atoms with Crippen molar-refractivity contribution in [3.63, 3.8) is 0 Å². The molecular formula is C10H15F2NO4. The maximum atomic E-state index is 13.1. The van der Waals surface area contributed by atoms with Crippen LogP contribution in [0, 0.1) is 0 Å². The lowest BCUT2D eigenvalue weighted by Gasteiger charge is -2.22. The van der Waals surface area contributed by atoms with Crippen LogP contribution in [0.4, 0.5) is 13.6 Å². The molecule has 7 heteroatoms. The van der Waals surface area contributed by atoms with Gasteiger partial charge in [-0.2, -0.15) is 0 Å². The van der Waals surface area contributed by atoms with Gasteiger partial charge in [-0.05, 0) is 20.8 Å². The molecule has 0 spiro atoms. The Morgan fingerprint density at radius 2 is 1.76 bits per heavy atom. The molecule has 0 aromatic rings. The van der Waals surface area contributed by atoms with Gasteiger partial charge in [-0.25, -0.2) is 18.4 Å². The van der Waals surface area contributed by atoms with Crippen molar-refractivity contribution in [2.75, 3.05) is 7.11 Å². The number of hydrogen-bond acceptors (Lipinski definition) is 4. The van der Waals surface area contributed by atoms with E-state index >= 15 is 0 Å². The summed E-state index contributed by atoms with van der Waals surface area (Å²) < 4.78 is 35.3. The smallest absolute Gasteiger partial charge is 0.408 e. The van der Waals surface area contributed by atoms with Crippen LogP contribution in [-0.4, -0.2) is 36.2 Å². The first-order valence-electron chi connectivity index (χ1n) is 5.01. The number of methoxy groups -OCH3 is 1. The Labute approximate surface area is 97.4 Å². The van der Waals surface area contributed by atoms with Gasteiger partial charge in [0.2, 0.25) is 5.54 Å². The van der Waals surface area contributed by atoms with Gasteiger partial charge in [-0.1, -0.05) is 0 Å². The van der Waals surface area contributed by atoms with Gasteiger partial charge < -0.3 is 9.47 Å². The molecular weight excluding hydrogens is 236 g/mol. The Kier molecular flexibility index (Phi) is 3.07. The van der Waals surface area contributed by atoms with Gasteiger partial charge in [0.15, 0.2) is 0 Å². The molecule has 0 bridgehead atoms. The largest absolute Gasteiger partial charge is 0.467 e. The first-order chi connectivity index (χ1) is 7.54. The van der Waals surface area contributed by atoms with E-state index in [9.17, 15) is 18.4 Å². The second-order valence-electron chi connectivity index (χ2n) is 4.91. The summed E-state index contributed by atoms with van der Waals surface area (Å²) in [4.78, 5) is 22.6. The fraction of sp³-hybridized carbons (Fsp3) is 0.800. The van der Waals surface area contributed by atoms with Gasteiger partial charge in [0.1, 0.15) is 5.60 Å². The standard InChI is InChI=1S/C10H15F2NO4/c1-8(2,3)17-7(15)13-9(6(14)16-4)5-10(9,11)12/h5H2,1-4H3,(H,13,15)/t9-/m0/s1. The van der Waals surface area contributed by atoms with E-state index in [0.717, 1.165) is 7.11 Å². The summed E-state index contributed by atoms with van der Waals surface area (Å²) in [6.45, 7) is 4.76. The molecule has 0 saturated heterocycles. The molecule has 1 fully saturated rings. The lowest BCUT2D eigenvalue weighted by Crippen LogP contribution is -2.49. The van der Waals surface area contributed by atoms with Crippen LogP contribution in [0.2, 0.25) is 0 Å². The minimum atomic E-state index is -3.29. The summed E-state index contributed by atoms with van der Waals surface area (Å²) >= 11 is 0. The van der Waals surface area contributed by atoms with Gasteiger partial charge in [-0.15, -0.1) is 0 Å². The number of hydrogen-bond donors (Lipinski definition) is 1. The molecule has 0 aromatic heterocycles. The number of ether oxygens (including phenoxy) is 2. The summed E-state index contributed by atoms with van der Waals surface area (Å²) in [5, 5.41) is 1.88. The maximum absolute atomic E-state index is 13.1. The molecule has 0 aliphatic heterocycles. The summed E-state index contributed by atoms with van der Waals surface area (Å²) in [6, 6.07) is 0. The highest BCUT2D eigenvalue weighted by atomic mass is 19.3. The third-order valence-electron chi connectivity index (χ3n) is 2.23. The SMILES string of the molecule is COC(=O)[C@@]1(NC(=O)OC(C)(C)C)CC1(F)F. The number of carbonyl (C=O) groups excluding carboxylic acids is 2. The van der Waals surface area contributed by atoms with E-state index < -0.39 is 35.5 Å². The molecule has 5 nitrogen and oxygen atoms in total. The number of alkyl halides is 2. The highest BCUT2D eigenvalue weighted by Crippen LogP contribution is 2.53. The topological polar surface area (TPSA) is 64.6 Å². The fourth-order valence-electron chi connectivity index (χ4n) is 1.35. The van der Waals surface area contributed by atoms with E-state index in [2.05, 4.69) is 4.74 Å². The zero-order chi connectivity index (χ0) is 13.5. The number of esters is 1. The van der Waals surface area contributed by atoms with E-state index in [0.29, 0.717) is 0 Å². The molecule has 0 radical (unpaired) electrons. The van der Waals surface area contributed by atoms with Crippen molar-refractivity contribution in [3.05, 3.63) is 0 Å². The van der Waals surface area contributed by atoms with Crippen LogP contribution < -0.4 is 5.32 Å². The molecule has 1 rings (SSSR count). The Morgan fingerprint density at radius 1 is 1.29 bits per heavy atom. The Hall–Kier alpha value is -1.40. The molecule has 1 aliphatic rings. The molecule has 98 valence electrons. The Balaban J connectivity index is 2.72. The van der Waals surface area contributed by atoms with Gasteiger partial charge >= 0.3 is 12.1 Å². The molecule has 0 aromatic carbocycles. The lowest BCUT2D eigenvalue weighted by atomic mass is 10.2. The highest BCUT2D eigenvalue weighted by molar-refractivity contribution is 5.91. The fourth-order valence-corrected chi connectivity index (χ4v) is 1.35. The van der Waals surface area contributed by atoms with Crippen LogP contribution in [0.3, 0.4) is 0 Å². The van der Waals surface area contributed by atoms with E-state index in [1.54, 1.807) is 20.8 Å². The quantitative estimate of drug-likeness (QED) is 0.755. The molecule has 1 N–H and O–H groups in total. The van der Waals surface area contributed by atoms with Gasteiger partial charge in [0.05, 0.1) is 13.5 Å². The number of amides is 1.